The summed E-state index contributed by atoms with van der Waals surface area (Å²) in [6.07, 6.45) is 1.21. The molecule has 0 saturated carbocycles. The van der Waals surface area contributed by atoms with Gasteiger partial charge in [0, 0.05) is 24.7 Å². The largest absolute Gasteiger partial charge is 0.355 e. The molecule has 0 bridgehead atoms. The van der Waals surface area contributed by atoms with E-state index in [1.165, 1.54) is 30.1 Å². The van der Waals surface area contributed by atoms with Crippen LogP contribution < -0.4 is 10.6 Å². The number of hydrogen-bond donors (Lipinski definition) is 2. The molecule has 1 atom stereocenters. The van der Waals surface area contributed by atoms with Gasteiger partial charge in [-0.25, -0.2) is 0 Å². The molecule has 2 aromatic rings. The lowest BCUT2D eigenvalue weighted by Crippen LogP contribution is -2.43. The van der Waals surface area contributed by atoms with Crippen LogP contribution in [0.1, 0.15) is 33.6 Å². The van der Waals surface area contributed by atoms with E-state index in [0.717, 1.165) is 0 Å². The highest BCUT2D eigenvalue weighted by Crippen LogP contribution is 2.28. The average molecular weight is 455 g/mol. The number of nitrogens with one attached hydrogen (secondary N) is 2. The summed E-state index contributed by atoms with van der Waals surface area (Å²) in [5.41, 5.74) is 1.03. The Kier molecular flexibility index (Phi) is 6.67. The van der Waals surface area contributed by atoms with Crippen molar-refractivity contribution < 1.29 is 14.4 Å². The van der Waals surface area contributed by atoms with Crippen LogP contribution >= 0.6 is 34.8 Å². The molecule has 3 amide bonds. The van der Waals surface area contributed by atoms with Crippen LogP contribution in [-0.4, -0.2) is 42.3 Å². The molecule has 0 radical (unpaired) electrons. The number of likely N-dealkylation sites (tertiary alicyclic amines) is 1. The predicted octanol–water partition coefficient (Wildman–Crippen LogP) is 4.25. The Hall–Kier alpha value is -2.28. The van der Waals surface area contributed by atoms with E-state index in [1.807, 2.05) is 0 Å². The fourth-order valence-corrected chi connectivity index (χ4v) is 3.66. The molecule has 29 heavy (non-hydrogen) atoms. The van der Waals surface area contributed by atoms with Gasteiger partial charge in [0.25, 0.3) is 11.8 Å². The Balaban J connectivity index is 1.79. The number of carbonyl (C=O) groups is 3. The molecule has 1 aliphatic rings. The van der Waals surface area contributed by atoms with Crippen LogP contribution in [0.5, 0.6) is 0 Å². The Morgan fingerprint density at radius 1 is 0.966 bits per heavy atom. The zero-order valence-electron chi connectivity index (χ0n) is 15.5. The van der Waals surface area contributed by atoms with Crippen molar-refractivity contribution in [1.82, 2.24) is 10.2 Å². The van der Waals surface area contributed by atoms with Crippen LogP contribution in [0.3, 0.4) is 0 Å². The van der Waals surface area contributed by atoms with Crippen LogP contribution in [0, 0.1) is 0 Å². The molecule has 2 N–H and O–H groups in total. The van der Waals surface area contributed by atoms with Crippen LogP contribution in [0.25, 0.3) is 0 Å². The van der Waals surface area contributed by atoms with E-state index in [1.54, 1.807) is 18.2 Å². The fraction of sp³-hybridized carbons (Fsp3) is 0.250. The highest BCUT2D eigenvalue weighted by atomic mass is 35.5. The van der Waals surface area contributed by atoms with Gasteiger partial charge in [-0.3, -0.25) is 14.4 Å². The molecule has 6 nitrogen and oxygen atoms in total. The minimum Gasteiger partial charge on any atom is -0.355 e. The van der Waals surface area contributed by atoms with Crippen molar-refractivity contribution in [3.8, 4) is 0 Å². The highest BCUT2D eigenvalue weighted by Gasteiger charge is 2.35. The Morgan fingerprint density at radius 2 is 1.66 bits per heavy atom. The Bertz CT molecular complexity index is 981. The van der Waals surface area contributed by atoms with E-state index in [0.29, 0.717) is 46.2 Å². The van der Waals surface area contributed by atoms with Gasteiger partial charge in [0.1, 0.15) is 6.04 Å². The summed E-state index contributed by atoms with van der Waals surface area (Å²) in [6, 6.07) is 8.56. The minimum atomic E-state index is -0.656. The molecule has 152 valence electrons. The molecular formula is C20H18Cl3N3O3. The predicted molar refractivity (Wildman–Crippen MR) is 114 cm³/mol. The summed E-state index contributed by atoms with van der Waals surface area (Å²) >= 11 is 18.1. The molecule has 0 aromatic heterocycles. The van der Waals surface area contributed by atoms with Gasteiger partial charge in [0.05, 0.1) is 20.8 Å². The van der Waals surface area contributed by atoms with Gasteiger partial charge in [-0.2, -0.15) is 0 Å². The molecule has 1 heterocycles. The van der Waals surface area contributed by atoms with E-state index in [9.17, 15) is 14.4 Å². The van der Waals surface area contributed by atoms with E-state index < -0.39 is 6.04 Å². The fourth-order valence-electron chi connectivity index (χ4n) is 3.20. The monoisotopic (exact) mass is 453 g/mol. The third-order valence-electron chi connectivity index (χ3n) is 4.70. The third-order valence-corrected chi connectivity index (χ3v) is 5.76. The highest BCUT2D eigenvalue weighted by molar-refractivity contribution is 6.42. The average Bonchev–Trinajstić information content (AvgIpc) is 3.20. The quantitative estimate of drug-likeness (QED) is 0.725. The summed E-state index contributed by atoms with van der Waals surface area (Å²) < 4.78 is 0. The first-order valence-corrected chi connectivity index (χ1v) is 10.0. The van der Waals surface area contributed by atoms with Crippen molar-refractivity contribution in [2.24, 2.45) is 0 Å². The summed E-state index contributed by atoms with van der Waals surface area (Å²) in [7, 11) is 1.51. The molecule has 0 aliphatic carbocycles. The zero-order chi connectivity index (χ0) is 21.1. The Labute approximate surface area is 183 Å². The van der Waals surface area contributed by atoms with Gasteiger partial charge >= 0.3 is 0 Å². The SMILES string of the molecule is CNC(=O)c1ccc(Cl)c(NC(=O)C2CCCN2C(=O)c2ccc(Cl)c(Cl)c2)c1. The van der Waals surface area contributed by atoms with Crippen molar-refractivity contribution in [2.45, 2.75) is 18.9 Å². The van der Waals surface area contributed by atoms with Crippen LogP contribution in [-0.2, 0) is 4.79 Å². The third kappa shape index (κ3) is 4.66. The van der Waals surface area contributed by atoms with E-state index in [2.05, 4.69) is 10.6 Å². The van der Waals surface area contributed by atoms with Crippen molar-refractivity contribution in [3.05, 3.63) is 62.6 Å². The summed E-state index contributed by atoms with van der Waals surface area (Å²) in [5, 5.41) is 6.18. The van der Waals surface area contributed by atoms with E-state index >= 15 is 0 Å². The number of anilines is 1. The maximum absolute atomic E-state index is 12.9. The van der Waals surface area contributed by atoms with Gasteiger partial charge in [0.15, 0.2) is 0 Å². The summed E-state index contributed by atoms with van der Waals surface area (Å²) in [6.45, 7) is 0.448. The van der Waals surface area contributed by atoms with Crippen molar-refractivity contribution >= 4 is 58.2 Å². The lowest BCUT2D eigenvalue weighted by Gasteiger charge is -2.24. The summed E-state index contributed by atoms with van der Waals surface area (Å²) in [4.78, 5) is 39.1. The van der Waals surface area contributed by atoms with E-state index in [-0.39, 0.29) is 22.7 Å². The number of rotatable bonds is 4. The smallest absolute Gasteiger partial charge is 0.254 e. The van der Waals surface area contributed by atoms with Crippen LogP contribution in [0.15, 0.2) is 36.4 Å². The van der Waals surface area contributed by atoms with Crippen LogP contribution in [0.4, 0.5) is 5.69 Å². The zero-order valence-corrected chi connectivity index (χ0v) is 17.7. The molecule has 9 heteroatoms. The number of amides is 3. The van der Waals surface area contributed by atoms with Gasteiger partial charge in [-0.05, 0) is 49.2 Å². The van der Waals surface area contributed by atoms with Crippen LogP contribution in [0.2, 0.25) is 15.1 Å². The maximum atomic E-state index is 12.9. The lowest BCUT2D eigenvalue weighted by atomic mass is 10.1. The molecular weight excluding hydrogens is 437 g/mol. The second kappa shape index (κ2) is 9.03. The van der Waals surface area contributed by atoms with Crippen molar-refractivity contribution in [1.29, 1.82) is 0 Å². The summed E-state index contributed by atoms with van der Waals surface area (Å²) in [5.74, 6) is -0.965. The van der Waals surface area contributed by atoms with Gasteiger partial charge < -0.3 is 15.5 Å². The van der Waals surface area contributed by atoms with Crippen molar-refractivity contribution in [2.75, 3.05) is 18.9 Å². The first-order chi connectivity index (χ1) is 13.8. The van der Waals surface area contributed by atoms with Gasteiger partial charge in [0.2, 0.25) is 5.91 Å². The number of carbonyl (C=O) groups excluding carboxylic acids is 3. The first-order valence-electron chi connectivity index (χ1n) is 8.90. The molecule has 1 unspecified atom stereocenters. The van der Waals surface area contributed by atoms with E-state index in [4.69, 9.17) is 34.8 Å². The maximum Gasteiger partial charge on any atom is 0.254 e. The van der Waals surface area contributed by atoms with Gasteiger partial charge in [-0.1, -0.05) is 34.8 Å². The first kappa shape index (κ1) is 21.4. The van der Waals surface area contributed by atoms with Crippen molar-refractivity contribution in [3.63, 3.8) is 0 Å². The Morgan fingerprint density at radius 3 is 2.34 bits per heavy atom. The topological polar surface area (TPSA) is 78.5 Å². The normalized spacial score (nSPS) is 15.9. The second-order valence-electron chi connectivity index (χ2n) is 6.55. The number of hydrogen-bond acceptors (Lipinski definition) is 3. The number of nitrogens with zero attached hydrogens (tertiary/aromatic N) is 1. The minimum absolute atomic E-state index is 0.274. The lowest BCUT2D eigenvalue weighted by molar-refractivity contribution is -0.119. The molecule has 0 spiro atoms. The standard InChI is InChI=1S/C20H18Cl3N3O3/c1-24-18(27)11-4-7-14(22)16(10-11)25-19(28)17-3-2-8-26(17)20(29)12-5-6-13(21)15(23)9-12/h4-7,9-10,17H,2-3,8H2,1H3,(H,24,27)(H,25,28). The molecule has 1 fully saturated rings. The number of benzene rings is 2. The molecule has 1 aliphatic heterocycles. The molecule has 2 aromatic carbocycles. The second-order valence-corrected chi connectivity index (χ2v) is 7.77. The molecule has 1 saturated heterocycles. The molecule has 3 rings (SSSR count). The number of halogens is 3. The van der Waals surface area contributed by atoms with Gasteiger partial charge in [-0.15, -0.1) is 0 Å².